The lowest BCUT2D eigenvalue weighted by atomic mass is 9.76. The summed E-state index contributed by atoms with van der Waals surface area (Å²) >= 11 is 0. The van der Waals surface area contributed by atoms with Crippen LogP contribution in [0.3, 0.4) is 0 Å². The molecule has 3 heterocycles. The Morgan fingerprint density at radius 3 is 2.85 bits per heavy atom. The molecule has 0 saturated heterocycles. The predicted octanol–water partition coefficient (Wildman–Crippen LogP) is 1.59. The fraction of sp³-hybridized carbons (Fsp3) is 0.200. The summed E-state index contributed by atoms with van der Waals surface area (Å²) in [7, 11) is 3.61. The third-order valence-corrected chi connectivity index (χ3v) is 4.14. The van der Waals surface area contributed by atoms with Crippen LogP contribution in [0.5, 0.6) is 5.88 Å². The maximum Gasteiger partial charge on any atom is 0.246 e. The molecule has 0 bridgehead atoms. The van der Waals surface area contributed by atoms with E-state index < -0.39 is 5.41 Å². The minimum Gasteiger partial charge on any atom is -0.447 e. The van der Waals surface area contributed by atoms with Crippen LogP contribution in [0.2, 0.25) is 0 Å². The van der Waals surface area contributed by atoms with Gasteiger partial charge in [0.25, 0.3) is 0 Å². The summed E-state index contributed by atoms with van der Waals surface area (Å²) in [5, 5.41) is 4.23. The zero-order valence-corrected chi connectivity index (χ0v) is 11.2. The van der Waals surface area contributed by atoms with Crippen molar-refractivity contribution in [2.75, 3.05) is 11.9 Å². The van der Waals surface area contributed by atoms with Crippen molar-refractivity contribution in [1.82, 2.24) is 9.78 Å². The third-order valence-electron chi connectivity index (χ3n) is 4.14. The molecule has 20 heavy (non-hydrogen) atoms. The minimum absolute atomic E-state index is 0.0208. The molecule has 1 aromatic carbocycles. The molecule has 0 saturated carbocycles. The number of aromatic nitrogens is 2. The summed E-state index contributed by atoms with van der Waals surface area (Å²) < 4.78 is 7.18. The van der Waals surface area contributed by atoms with Crippen LogP contribution in [0.25, 0.3) is 0 Å². The lowest BCUT2D eigenvalue weighted by molar-refractivity contribution is -0.120. The monoisotopic (exact) mass is 267 g/mol. The van der Waals surface area contributed by atoms with Crippen LogP contribution in [-0.2, 0) is 17.3 Å². The normalized spacial score (nSPS) is 22.9. The summed E-state index contributed by atoms with van der Waals surface area (Å²) in [5.41, 5.74) is 1.89. The van der Waals surface area contributed by atoms with Gasteiger partial charge < -0.3 is 9.64 Å². The van der Waals surface area contributed by atoms with Gasteiger partial charge in [0.2, 0.25) is 11.8 Å². The number of benzene rings is 1. The molecule has 4 rings (SSSR count). The Labute approximate surface area is 116 Å². The van der Waals surface area contributed by atoms with Gasteiger partial charge in [0.1, 0.15) is 5.41 Å². The molecule has 1 aromatic heterocycles. The van der Waals surface area contributed by atoms with Crippen LogP contribution in [0.1, 0.15) is 11.1 Å². The minimum atomic E-state index is -0.812. The van der Waals surface area contributed by atoms with Crippen LogP contribution < -0.4 is 9.64 Å². The lowest BCUT2D eigenvalue weighted by Gasteiger charge is -2.27. The number of hydrogen-bond donors (Lipinski definition) is 0. The Bertz CT molecular complexity index is 762. The Morgan fingerprint density at radius 2 is 2.00 bits per heavy atom. The zero-order chi connectivity index (χ0) is 13.9. The van der Waals surface area contributed by atoms with Crippen molar-refractivity contribution >= 4 is 11.6 Å². The van der Waals surface area contributed by atoms with Crippen LogP contribution in [-0.4, -0.2) is 22.7 Å². The van der Waals surface area contributed by atoms with Crippen molar-refractivity contribution in [2.24, 2.45) is 7.05 Å². The van der Waals surface area contributed by atoms with E-state index in [1.165, 1.54) is 0 Å². The second-order valence-electron chi connectivity index (χ2n) is 5.10. The van der Waals surface area contributed by atoms with Crippen molar-refractivity contribution in [1.29, 1.82) is 0 Å². The number of rotatable bonds is 0. The van der Waals surface area contributed by atoms with Crippen molar-refractivity contribution in [3.63, 3.8) is 0 Å². The average Bonchev–Trinajstić information content (AvgIpc) is 2.95. The van der Waals surface area contributed by atoms with Crippen molar-refractivity contribution in [3.8, 4) is 5.88 Å². The van der Waals surface area contributed by atoms with Crippen LogP contribution in [0.4, 0.5) is 5.69 Å². The highest BCUT2D eigenvalue weighted by Gasteiger charge is 2.53. The average molecular weight is 267 g/mol. The van der Waals surface area contributed by atoms with Gasteiger partial charge in [-0.1, -0.05) is 18.2 Å². The Morgan fingerprint density at radius 1 is 1.20 bits per heavy atom. The molecule has 0 aliphatic carbocycles. The van der Waals surface area contributed by atoms with E-state index in [2.05, 4.69) is 5.10 Å². The molecule has 0 fully saturated rings. The van der Waals surface area contributed by atoms with Gasteiger partial charge >= 0.3 is 0 Å². The van der Waals surface area contributed by atoms with E-state index in [0.29, 0.717) is 5.88 Å². The first kappa shape index (κ1) is 11.3. The summed E-state index contributed by atoms with van der Waals surface area (Å²) in [5.74, 6) is 0.637. The van der Waals surface area contributed by atoms with Gasteiger partial charge in [-0.3, -0.25) is 4.79 Å². The van der Waals surface area contributed by atoms with Crippen LogP contribution in [0, 0.1) is 0 Å². The van der Waals surface area contributed by atoms with E-state index in [4.69, 9.17) is 4.74 Å². The second-order valence-corrected chi connectivity index (χ2v) is 5.10. The topological polar surface area (TPSA) is 47.4 Å². The maximum absolute atomic E-state index is 12.9. The van der Waals surface area contributed by atoms with E-state index in [9.17, 15) is 4.79 Å². The quantitative estimate of drug-likeness (QED) is 0.728. The van der Waals surface area contributed by atoms with Gasteiger partial charge in [-0.15, -0.1) is 0 Å². The number of anilines is 1. The summed E-state index contributed by atoms with van der Waals surface area (Å²) in [6, 6.07) is 7.84. The highest BCUT2D eigenvalue weighted by atomic mass is 16.5. The number of aryl methyl sites for hydroxylation is 1. The SMILES string of the molecule is CN1C(=O)[C@@]2(C=COc3c2cnn3C)c2ccccc21. The first-order valence-electron chi connectivity index (χ1n) is 6.41. The highest BCUT2D eigenvalue weighted by Crippen LogP contribution is 2.50. The van der Waals surface area contributed by atoms with E-state index >= 15 is 0 Å². The molecular formula is C15H13N3O2. The number of amides is 1. The number of hydrogen-bond acceptors (Lipinski definition) is 3. The number of carbonyl (C=O) groups is 1. The number of para-hydroxylation sites is 1. The molecule has 0 unspecified atom stereocenters. The summed E-state index contributed by atoms with van der Waals surface area (Å²) in [6.07, 6.45) is 5.12. The molecule has 1 atom stereocenters. The lowest BCUT2D eigenvalue weighted by Crippen LogP contribution is -2.39. The molecule has 1 amide bonds. The van der Waals surface area contributed by atoms with Crippen molar-refractivity contribution < 1.29 is 9.53 Å². The van der Waals surface area contributed by atoms with Gasteiger partial charge in [0.15, 0.2) is 0 Å². The molecule has 100 valence electrons. The van der Waals surface area contributed by atoms with Crippen LogP contribution in [0.15, 0.2) is 42.8 Å². The number of ether oxygens (including phenoxy) is 1. The zero-order valence-electron chi connectivity index (χ0n) is 11.2. The molecule has 0 radical (unpaired) electrons. The van der Waals surface area contributed by atoms with E-state index in [0.717, 1.165) is 16.8 Å². The van der Waals surface area contributed by atoms with E-state index in [1.807, 2.05) is 30.3 Å². The van der Waals surface area contributed by atoms with Crippen molar-refractivity contribution in [3.05, 3.63) is 53.9 Å². The molecule has 1 spiro atoms. The predicted molar refractivity (Wildman–Crippen MR) is 73.6 cm³/mol. The Balaban J connectivity index is 2.08. The Hall–Kier alpha value is -2.56. The second kappa shape index (κ2) is 3.50. The third kappa shape index (κ3) is 1.09. The molecule has 2 aliphatic rings. The van der Waals surface area contributed by atoms with Gasteiger partial charge in [-0.05, 0) is 12.1 Å². The molecular weight excluding hydrogens is 254 g/mol. The molecule has 0 N–H and O–H groups in total. The number of fused-ring (bicyclic) bond motifs is 4. The van der Waals surface area contributed by atoms with Gasteiger partial charge in [-0.25, -0.2) is 4.68 Å². The summed E-state index contributed by atoms with van der Waals surface area (Å²) in [4.78, 5) is 14.6. The first-order valence-corrected chi connectivity index (χ1v) is 6.41. The smallest absolute Gasteiger partial charge is 0.246 e. The molecule has 2 aliphatic heterocycles. The molecule has 2 aromatic rings. The fourth-order valence-corrected chi connectivity index (χ4v) is 3.14. The number of likely N-dealkylation sites (N-methyl/N-ethyl adjacent to an activating group) is 1. The van der Waals surface area contributed by atoms with Crippen LogP contribution >= 0.6 is 0 Å². The van der Waals surface area contributed by atoms with E-state index in [1.54, 1.807) is 36.1 Å². The van der Waals surface area contributed by atoms with Gasteiger partial charge in [0, 0.05) is 25.3 Å². The largest absolute Gasteiger partial charge is 0.447 e. The Kier molecular flexibility index (Phi) is 1.98. The molecule has 5 nitrogen and oxygen atoms in total. The number of carbonyl (C=O) groups excluding carboxylic acids is 1. The molecule has 5 heteroatoms. The first-order chi connectivity index (χ1) is 9.66. The maximum atomic E-state index is 12.9. The fourth-order valence-electron chi connectivity index (χ4n) is 3.14. The summed E-state index contributed by atoms with van der Waals surface area (Å²) in [6.45, 7) is 0. The standard InChI is InChI=1S/C15H13N3O2/c1-17-12-6-4-3-5-10(12)15(14(17)19)7-8-20-13-11(15)9-16-18(13)2/h3-9H,1-2H3/t15-/m0/s1. The van der Waals surface area contributed by atoms with E-state index in [-0.39, 0.29) is 5.91 Å². The van der Waals surface area contributed by atoms with Gasteiger partial charge in [-0.2, -0.15) is 5.10 Å². The van der Waals surface area contributed by atoms with Crippen molar-refractivity contribution in [2.45, 2.75) is 5.41 Å². The van der Waals surface area contributed by atoms with Gasteiger partial charge in [0.05, 0.1) is 18.0 Å². The number of nitrogens with zero attached hydrogens (tertiary/aromatic N) is 3. The highest BCUT2D eigenvalue weighted by molar-refractivity contribution is 6.12.